The first-order chi connectivity index (χ1) is 8.89. The van der Waals surface area contributed by atoms with Crippen LogP contribution in [-0.4, -0.2) is 31.1 Å². The van der Waals surface area contributed by atoms with Crippen molar-refractivity contribution in [2.24, 2.45) is 5.41 Å². The Morgan fingerprint density at radius 1 is 1.21 bits per heavy atom. The van der Waals surface area contributed by atoms with Crippen LogP contribution in [0, 0.1) is 18.2 Å². The van der Waals surface area contributed by atoms with Crippen molar-refractivity contribution < 1.29 is 4.39 Å². The van der Waals surface area contributed by atoms with Crippen molar-refractivity contribution in [2.75, 3.05) is 26.2 Å². The Labute approximate surface area is 116 Å². The highest BCUT2D eigenvalue weighted by molar-refractivity contribution is 5.28. The SMILES string of the molecule is Cc1ccc(F)c([C@@H](N2CCNCC2)C(C)(C)C)c1. The van der Waals surface area contributed by atoms with Crippen molar-refractivity contribution in [2.45, 2.75) is 33.7 Å². The van der Waals surface area contributed by atoms with Gasteiger partial charge in [0.15, 0.2) is 0 Å². The maximum Gasteiger partial charge on any atom is 0.128 e. The van der Waals surface area contributed by atoms with E-state index in [9.17, 15) is 4.39 Å². The highest BCUT2D eigenvalue weighted by atomic mass is 19.1. The van der Waals surface area contributed by atoms with Gasteiger partial charge in [-0.25, -0.2) is 4.39 Å². The van der Waals surface area contributed by atoms with Gasteiger partial charge in [0.25, 0.3) is 0 Å². The van der Waals surface area contributed by atoms with Crippen LogP contribution < -0.4 is 5.32 Å². The molecule has 1 saturated heterocycles. The second-order valence-corrected chi connectivity index (χ2v) is 6.58. The molecule has 0 aliphatic carbocycles. The topological polar surface area (TPSA) is 15.3 Å². The lowest BCUT2D eigenvalue weighted by molar-refractivity contribution is 0.0834. The fraction of sp³-hybridized carbons (Fsp3) is 0.625. The van der Waals surface area contributed by atoms with Crippen molar-refractivity contribution in [1.29, 1.82) is 0 Å². The van der Waals surface area contributed by atoms with E-state index in [2.05, 4.69) is 31.0 Å². The van der Waals surface area contributed by atoms with Crippen LogP contribution in [0.25, 0.3) is 0 Å². The highest BCUT2D eigenvalue weighted by Gasteiger charge is 2.34. The highest BCUT2D eigenvalue weighted by Crippen LogP contribution is 2.39. The van der Waals surface area contributed by atoms with E-state index in [0.29, 0.717) is 0 Å². The number of halogens is 1. The fourth-order valence-corrected chi connectivity index (χ4v) is 3.02. The molecule has 1 atom stereocenters. The third kappa shape index (κ3) is 3.34. The monoisotopic (exact) mass is 264 g/mol. The molecule has 2 rings (SSSR count). The maximum atomic E-state index is 14.3. The lowest BCUT2D eigenvalue weighted by Gasteiger charge is -2.42. The van der Waals surface area contributed by atoms with Crippen molar-refractivity contribution >= 4 is 0 Å². The molecule has 1 aromatic carbocycles. The minimum Gasteiger partial charge on any atom is -0.314 e. The number of nitrogens with one attached hydrogen (secondary N) is 1. The molecule has 0 aromatic heterocycles. The lowest BCUT2D eigenvalue weighted by Crippen LogP contribution is -2.48. The molecule has 0 saturated carbocycles. The Morgan fingerprint density at radius 3 is 2.42 bits per heavy atom. The van der Waals surface area contributed by atoms with E-state index >= 15 is 0 Å². The second-order valence-electron chi connectivity index (χ2n) is 6.58. The Kier molecular flexibility index (Phi) is 4.26. The molecule has 1 N–H and O–H groups in total. The molecule has 0 spiro atoms. The van der Waals surface area contributed by atoms with Gasteiger partial charge in [0.1, 0.15) is 5.82 Å². The zero-order chi connectivity index (χ0) is 14.0. The third-order valence-corrected chi connectivity index (χ3v) is 3.78. The van der Waals surface area contributed by atoms with E-state index in [-0.39, 0.29) is 17.3 Å². The number of piperazine rings is 1. The minimum atomic E-state index is -0.0796. The molecule has 19 heavy (non-hydrogen) atoms. The molecule has 106 valence electrons. The van der Waals surface area contributed by atoms with Crippen LogP contribution in [0.3, 0.4) is 0 Å². The smallest absolute Gasteiger partial charge is 0.128 e. The van der Waals surface area contributed by atoms with Gasteiger partial charge in [0.05, 0.1) is 0 Å². The van der Waals surface area contributed by atoms with Crippen molar-refractivity contribution in [3.8, 4) is 0 Å². The number of benzene rings is 1. The van der Waals surface area contributed by atoms with Gasteiger partial charge in [-0.15, -0.1) is 0 Å². The van der Waals surface area contributed by atoms with Crippen LogP contribution in [0.5, 0.6) is 0 Å². The van der Waals surface area contributed by atoms with E-state index < -0.39 is 0 Å². The number of hydrogen-bond donors (Lipinski definition) is 1. The van der Waals surface area contributed by atoms with Gasteiger partial charge in [-0.3, -0.25) is 4.90 Å². The van der Waals surface area contributed by atoms with E-state index in [1.165, 1.54) is 0 Å². The van der Waals surface area contributed by atoms with Crippen LogP contribution in [0.1, 0.15) is 37.9 Å². The average molecular weight is 264 g/mol. The number of aryl methyl sites for hydroxylation is 1. The Balaban J connectivity index is 2.39. The maximum absolute atomic E-state index is 14.3. The molecule has 0 radical (unpaired) electrons. The molecule has 0 bridgehead atoms. The van der Waals surface area contributed by atoms with Gasteiger partial charge in [0, 0.05) is 37.8 Å². The molecule has 1 fully saturated rings. The molecule has 1 aromatic rings. The first-order valence-corrected chi connectivity index (χ1v) is 7.10. The Morgan fingerprint density at radius 2 is 1.84 bits per heavy atom. The summed E-state index contributed by atoms with van der Waals surface area (Å²) in [7, 11) is 0. The molecule has 2 nitrogen and oxygen atoms in total. The lowest BCUT2D eigenvalue weighted by atomic mass is 9.80. The first kappa shape index (κ1) is 14.5. The third-order valence-electron chi connectivity index (χ3n) is 3.78. The zero-order valence-corrected chi connectivity index (χ0v) is 12.5. The summed E-state index contributed by atoms with van der Waals surface area (Å²) in [6.45, 7) is 12.6. The van der Waals surface area contributed by atoms with Gasteiger partial charge < -0.3 is 5.32 Å². The van der Waals surface area contributed by atoms with Crippen LogP contribution in [-0.2, 0) is 0 Å². The summed E-state index contributed by atoms with van der Waals surface area (Å²) in [6.07, 6.45) is 0. The van der Waals surface area contributed by atoms with Gasteiger partial charge in [0.2, 0.25) is 0 Å². The standard InChI is InChI=1S/C16H25FN2/c1-12-5-6-14(17)13(11-12)15(16(2,3)4)19-9-7-18-8-10-19/h5-6,11,15,18H,7-10H2,1-4H3/t15-/m1/s1. The van der Waals surface area contributed by atoms with Gasteiger partial charge in [-0.2, -0.15) is 0 Å². The summed E-state index contributed by atoms with van der Waals surface area (Å²) in [5, 5.41) is 3.36. The van der Waals surface area contributed by atoms with E-state index in [0.717, 1.165) is 37.3 Å². The number of hydrogen-bond acceptors (Lipinski definition) is 2. The Bertz CT molecular complexity index is 431. The molecular weight excluding hydrogens is 239 g/mol. The summed E-state index contributed by atoms with van der Waals surface area (Å²) in [5.41, 5.74) is 1.99. The average Bonchev–Trinajstić information content (AvgIpc) is 2.33. The molecule has 1 aliphatic heterocycles. The minimum absolute atomic E-state index is 0.0198. The molecule has 0 unspecified atom stereocenters. The van der Waals surface area contributed by atoms with E-state index in [1.807, 2.05) is 19.1 Å². The first-order valence-electron chi connectivity index (χ1n) is 7.10. The van der Waals surface area contributed by atoms with Crippen molar-refractivity contribution in [3.05, 3.63) is 35.1 Å². The normalized spacial score (nSPS) is 19.4. The molecule has 3 heteroatoms. The predicted molar refractivity (Wildman–Crippen MR) is 77.8 cm³/mol. The quantitative estimate of drug-likeness (QED) is 0.883. The van der Waals surface area contributed by atoms with E-state index in [4.69, 9.17) is 0 Å². The zero-order valence-electron chi connectivity index (χ0n) is 12.5. The molecule has 1 aliphatic rings. The predicted octanol–water partition coefficient (Wildman–Crippen LogP) is 3.13. The van der Waals surface area contributed by atoms with Crippen LogP contribution in [0.4, 0.5) is 4.39 Å². The number of rotatable bonds is 2. The fourth-order valence-electron chi connectivity index (χ4n) is 3.02. The summed E-state index contributed by atoms with van der Waals surface area (Å²) in [6, 6.07) is 5.59. The number of nitrogens with zero attached hydrogens (tertiary/aromatic N) is 1. The molecular formula is C16H25FN2. The second kappa shape index (κ2) is 5.59. The van der Waals surface area contributed by atoms with Gasteiger partial charge in [-0.05, 0) is 18.4 Å². The van der Waals surface area contributed by atoms with Crippen molar-refractivity contribution in [1.82, 2.24) is 10.2 Å². The van der Waals surface area contributed by atoms with Crippen LogP contribution in [0.15, 0.2) is 18.2 Å². The van der Waals surface area contributed by atoms with E-state index in [1.54, 1.807) is 6.07 Å². The van der Waals surface area contributed by atoms with Gasteiger partial charge >= 0.3 is 0 Å². The van der Waals surface area contributed by atoms with Crippen LogP contribution in [0.2, 0.25) is 0 Å². The Hall–Kier alpha value is -0.930. The summed E-state index contributed by atoms with van der Waals surface area (Å²) < 4.78 is 14.3. The van der Waals surface area contributed by atoms with Crippen molar-refractivity contribution in [3.63, 3.8) is 0 Å². The summed E-state index contributed by atoms with van der Waals surface area (Å²) in [4.78, 5) is 2.41. The summed E-state index contributed by atoms with van der Waals surface area (Å²) >= 11 is 0. The van der Waals surface area contributed by atoms with Crippen LogP contribution >= 0.6 is 0 Å². The molecule has 1 heterocycles. The van der Waals surface area contributed by atoms with Gasteiger partial charge in [-0.1, -0.05) is 38.5 Å². The summed E-state index contributed by atoms with van der Waals surface area (Å²) in [5.74, 6) is -0.0796. The largest absolute Gasteiger partial charge is 0.314 e. The molecule has 0 amide bonds.